The van der Waals surface area contributed by atoms with Gasteiger partial charge in [0.2, 0.25) is 0 Å². The van der Waals surface area contributed by atoms with Gasteiger partial charge in [0.1, 0.15) is 6.07 Å². The summed E-state index contributed by atoms with van der Waals surface area (Å²) in [6.07, 6.45) is -2.84. The van der Waals surface area contributed by atoms with Crippen molar-refractivity contribution >= 4 is 0 Å². The van der Waals surface area contributed by atoms with E-state index in [2.05, 4.69) is 10.4 Å². The van der Waals surface area contributed by atoms with Crippen molar-refractivity contribution in [3.05, 3.63) is 47.3 Å². The van der Waals surface area contributed by atoms with Gasteiger partial charge in [-0.1, -0.05) is 6.07 Å². The van der Waals surface area contributed by atoms with Gasteiger partial charge in [0.05, 0.1) is 23.0 Å². The molecule has 1 aromatic heterocycles. The Hall–Kier alpha value is -2.33. The van der Waals surface area contributed by atoms with Crippen LogP contribution in [0.2, 0.25) is 0 Å². The Morgan fingerprint density at radius 1 is 1.40 bits per heavy atom. The largest absolute Gasteiger partial charge is 0.419 e. The summed E-state index contributed by atoms with van der Waals surface area (Å²) in [5.41, 5.74) is 0.620. The van der Waals surface area contributed by atoms with Crippen LogP contribution in [-0.2, 0) is 12.7 Å². The molecule has 0 atom stereocenters. The summed E-state index contributed by atoms with van der Waals surface area (Å²) in [6, 6.07) is 6.92. The Morgan fingerprint density at radius 2 is 2.15 bits per heavy atom. The van der Waals surface area contributed by atoms with Crippen LogP contribution in [0.3, 0.4) is 0 Å². The molecule has 1 N–H and O–H groups in total. The van der Waals surface area contributed by atoms with E-state index in [0.717, 1.165) is 22.6 Å². The molecule has 0 amide bonds. The van der Waals surface area contributed by atoms with E-state index < -0.39 is 11.7 Å². The molecule has 0 aliphatic rings. The van der Waals surface area contributed by atoms with Crippen molar-refractivity contribution in [3.8, 4) is 11.8 Å². The first-order valence-electron chi connectivity index (χ1n) is 5.75. The highest BCUT2D eigenvalue weighted by Gasteiger charge is 2.32. The van der Waals surface area contributed by atoms with Crippen molar-refractivity contribution < 1.29 is 13.2 Å². The van der Waals surface area contributed by atoms with Gasteiger partial charge in [0, 0.05) is 12.7 Å². The predicted molar refractivity (Wildman–Crippen MR) is 66.0 cm³/mol. The quantitative estimate of drug-likeness (QED) is 0.939. The Bertz CT molecular complexity index is 652. The van der Waals surface area contributed by atoms with E-state index in [0.29, 0.717) is 12.2 Å². The maximum atomic E-state index is 12.5. The summed E-state index contributed by atoms with van der Waals surface area (Å²) in [6.45, 7) is 0.571. The van der Waals surface area contributed by atoms with Gasteiger partial charge in [-0.3, -0.25) is 0 Å². The molecule has 0 saturated carbocycles. The number of nitrogens with zero attached hydrogens (tertiary/aromatic N) is 3. The molecular weight excluding hydrogens is 269 g/mol. The number of halogens is 3. The lowest BCUT2D eigenvalue weighted by Gasteiger charge is -2.07. The van der Waals surface area contributed by atoms with Crippen LogP contribution >= 0.6 is 0 Å². The van der Waals surface area contributed by atoms with E-state index >= 15 is 0 Å². The summed E-state index contributed by atoms with van der Waals surface area (Å²) in [4.78, 5) is 0. The van der Waals surface area contributed by atoms with Gasteiger partial charge in [-0.25, -0.2) is 4.68 Å². The van der Waals surface area contributed by atoms with Crippen molar-refractivity contribution in [1.29, 1.82) is 5.26 Å². The minimum atomic E-state index is -4.45. The molecule has 0 unspecified atom stereocenters. The van der Waals surface area contributed by atoms with Crippen molar-refractivity contribution in [2.45, 2.75) is 12.7 Å². The summed E-state index contributed by atoms with van der Waals surface area (Å²) in [7, 11) is 1.77. The van der Waals surface area contributed by atoms with Crippen molar-refractivity contribution in [3.63, 3.8) is 0 Å². The third-order valence-corrected chi connectivity index (χ3v) is 2.72. The second-order valence-corrected chi connectivity index (χ2v) is 4.16. The molecule has 0 spiro atoms. The van der Waals surface area contributed by atoms with Crippen LogP contribution in [0.5, 0.6) is 0 Å². The molecule has 0 fully saturated rings. The fourth-order valence-electron chi connectivity index (χ4n) is 1.79. The highest BCUT2D eigenvalue weighted by molar-refractivity contribution is 5.50. The monoisotopic (exact) mass is 280 g/mol. The smallest absolute Gasteiger partial charge is 0.316 e. The molecule has 104 valence electrons. The molecule has 4 nitrogen and oxygen atoms in total. The van der Waals surface area contributed by atoms with Crippen LogP contribution in [0.1, 0.15) is 16.7 Å². The van der Waals surface area contributed by atoms with E-state index in [1.165, 1.54) is 0 Å². The number of benzene rings is 1. The number of hydrogen-bond acceptors (Lipinski definition) is 3. The number of nitriles is 1. The van der Waals surface area contributed by atoms with Crippen molar-refractivity contribution in [2.24, 2.45) is 0 Å². The summed E-state index contributed by atoms with van der Waals surface area (Å²) < 4.78 is 38.7. The molecular formula is C13H11F3N4. The summed E-state index contributed by atoms with van der Waals surface area (Å²) in [5.74, 6) is 0. The zero-order valence-corrected chi connectivity index (χ0v) is 10.6. The van der Waals surface area contributed by atoms with Gasteiger partial charge in [-0.15, -0.1) is 0 Å². The second kappa shape index (κ2) is 5.35. The molecule has 1 aromatic carbocycles. The summed E-state index contributed by atoms with van der Waals surface area (Å²) in [5, 5.41) is 15.7. The van der Waals surface area contributed by atoms with Crippen LogP contribution < -0.4 is 5.32 Å². The average Bonchev–Trinajstić information content (AvgIpc) is 2.88. The number of nitrogens with one attached hydrogen (secondary N) is 1. The Labute approximate surface area is 113 Å². The zero-order valence-electron chi connectivity index (χ0n) is 10.6. The average molecular weight is 280 g/mol. The molecule has 7 heteroatoms. The SMILES string of the molecule is CNCc1ccc(-n2cc(C(F)(F)F)cn2)c(C#N)c1. The molecule has 0 radical (unpaired) electrons. The number of rotatable bonds is 3. The molecule has 0 saturated heterocycles. The zero-order chi connectivity index (χ0) is 14.8. The fourth-order valence-corrected chi connectivity index (χ4v) is 1.79. The number of hydrogen-bond donors (Lipinski definition) is 1. The van der Waals surface area contributed by atoms with Crippen LogP contribution in [0.25, 0.3) is 5.69 Å². The molecule has 0 bridgehead atoms. The third-order valence-electron chi connectivity index (χ3n) is 2.72. The molecule has 0 aliphatic carbocycles. The summed E-state index contributed by atoms with van der Waals surface area (Å²) >= 11 is 0. The van der Waals surface area contributed by atoms with Gasteiger partial charge in [0.15, 0.2) is 0 Å². The van der Waals surface area contributed by atoms with Gasteiger partial charge < -0.3 is 5.32 Å². The minimum absolute atomic E-state index is 0.273. The lowest BCUT2D eigenvalue weighted by atomic mass is 10.1. The molecule has 0 aliphatic heterocycles. The van der Waals surface area contributed by atoms with E-state index in [1.807, 2.05) is 6.07 Å². The van der Waals surface area contributed by atoms with Gasteiger partial charge in [-0.05, 0) is 24.7 Å². The Morgan fingerprint density at radius 3 is 2.70 bits per heavy atom. The number of aromatic nitrogens is 2. The molecule has 20 heavy (non-hydrogen) atoms. The standard InChI is InChI=1S/C13H11F3N4/c1-18-6-9-2-3-12(10(4-9)5-17)20-8-11(7-19-20)13(14,15)16/h2-4,7-8,18H,6H2,1H3. The maximum absolute atomic E-state index is 12.5. The lowest BCUT2D eigenvalue weighted by Crippen LogP contribution is -2.06. The first-order valence-corrected chi connectivity index (χ1v) is 5.75. The maximum Gasteiger partial charge on any atom is 0.419 e. The van der Waals surface area contributed by atoms with Crippen molar-refractivity contribution in [1.82, 2.24) is 15.1 Å². The van der Waals surface area contributed by atoms with E-state index in [4.69, 9.17) is 5.26 Å². The number of alkyl halides is 3. The highest BCUT2D eigenvalue weighted by atomic mass is 19.4. The Balaban J connectivity index is 2.43. The normalized spacial score (nSPS) is 11.3. The van der Waals surface area contributed by atoms with Gasteiger partial charge >= 0.3 is 6.18 Å². The van der Waals surface area contributed by atoms with Crippen LogP contribution in [0.4, 0.5) is 13.2 Å². The van der Waals surface area contributed by atoms with E-state index in [9.17, 15) is 13.2 Å². The Kier molecular flexibility index (Phi) is 3.77. The molecule has 1 heterocycles. The second-order valence-electron chi connectivity index (χ2n) is 4.16. The first-order chi connectivity index (χ1) is 9.45. The lowest BCUT2D eigenvalue weighted by molar-refractivity contribution is -0.137. The third kappa shape index (κ3) is 2.81. The molecule has 2 rings (SSSR count). The topological polar surface area (TPSA) is 53.6 Å². The van der Waals surface area contributed by atoms with Crippen LogP contribution in [0.15, 0.2) is 30.6 Å². The predicted octanol–water partition coefficient (Wildman–Crippen LogP) is 2.48. The van der Waals surface area contributed by atoms with Crippen molar-refractivity contribution in [2.75, 3.05) is 7.05 Å². The van der Waals surface area contributed by atoms with Crippen LogP contribution in [-0.4, -0.2) is 16.8 Å². The van der Waals surface area contributed by atoms with Crippen LogP contribution in [0, 0.1) is 11.3 Å². The van der Waals surface area contributed by atoms with E-state index in [-0.39, 0.29) is 5.56 Å². The molecule has 2 aromatic rings. The van der Waals surface area contributed by atoms with E-state index in [1.54, 1.807) is 25.2 Å². The minimum Gasteiger partial charge on any atom is -0.316 e. The first kappa shape index (κ1) is 14.1. The fraction of sp³-hybridized carbons (Fsp3) is 0.231. The highest BCUT2D eigenvalue weighted by Crippen LogP contribution is 2.29. The van der Waals surface area contributed by atoms with Gasteiger partial charge in [-0.2, -0.15) is 23.5 Å². The van der Waals surface area contributed by atoms with Gasteiger partial charge in [0.25, 0.3) is 0 Å².